The monoisotopic (exact) mass is 260 g/mol. The van der Waals surface area contributed by atoms with Crippen LogP contribution in [-0.2, 0) is 6.42 Å². The molecular formula is C13H13ClN4. The lowest BCUT2D eigenvalue weighted by Gasteiger charge is -2.21. The molecule has 0 saturated carbocycles. The highest BCUT2D eigenvalue weighted by molar-refractivity contribution is 6.30. The molecule has 2 N–H and O–H groups in total. The van der Waals surface area contributed by atoms with Gasteiger partial charge in [-0.15, -0.1) is 0 Å². The number of rotatable bonds is 1. The van der Waals surface area contributed by atoms with Crippen molar-refractivity contribution in [2.24, 2.45) is 0 Å². The van der Waals surface area contributed by atoms with Gasteiger partial charge in [0, 0.05) is 41.0 Å². The number of hydrogen-bond acceptors (Lipinski definition) is 3. The molecule has 4 nitrogen and oxygen atoms in total. The highest BCUT2D eigenvalue weighted by Gasteiger charge is 2.36. The van der Waals surface area contributed by atoms with E-state index in [0.717, 1.165) is 17.8 Å². The first kappa shape index (κ1) is 10.5. The van der Waals surface area contributed by atoms with Crippen molar-refractivity contribution in [3.05, 3.63) is 34.6 Å². The molecule has 4 heterocycles. The number of aromatic amines is 1. The normalized spacial score (nSPS) is 25.2. The zero-order valence-corrected chi connectivity index (χ0v) is 10.5. The first-order chi connectivity index (χ1) is 8.81. The van der Waals surface area contributed by atoms with Crippen molar-refractivity contribution in [2.45, 2.75) is 31.3 Å². The molecule has 2 aromatic rings. The molecule has 0 amide bonds. The fourth-order valence-corrected chi connectivity index (χ4v) is 3.26. The van der Waals surface area contributed by atoms with Gasteiger partial charge in [-0.1, -0.05) is 11.6 Å². The molecule has 0 unspecified atom stereocenters. The van der Waals surface area contributed by atoms with E-state index in [4.69, 9.17) is 11.6 Å². The van der Waals surface area contributed by atoms with Crippen LogP contribution in [0.2, 0.25) is 5.02 Å². The number of halogens is 1. The number of hydrogen-bond donors (Lipinski definition) is 2. The Labute approximate surface area is 110 Å². The van der Waals surface area contributed by atoms with Gasteiger partial charge in [0.25, 0.3) is 0 Å². The van der Waals surface area contributed by atoms with Gasteiger partial charge < -0.3 is 5.32 Å². The molecule has 1 saturated heterocycles. The summed E-state index contributed by atoms with van der Waals surface area (Å²) in [5, 5.41) is 11.9. The van der Waals surface area contributed by atoms with Crippen molar-refractivity contribution in [1.82, 2.24) is 20.5 Å². The van der Waals surface area contributed by atoms with E-state index in [2.05, 4.69) is 20.5 Å². The van der Waals surface area contributed by atoms with E-state index >= 15 is 0 Å². The fraction of sp³-hybridized carbons (Fsp3) is 0.385. The smallest absolute Gasteiger partial charge is 0.116 e. The topological polar surface area (TPSA) is 53.6 Å². The molecular weight excluding hydrogens is 248 g/mol. The molecule has 92 valence electrons. The van der Waals surface area contributed by atoms with Gasteiger partial charge in [-0.3, -0.25) is 10.1 Å². The number of fused-ring (bicyclic) bond motifs is 4. The lowest BCUT2D eigenvalue weighted by Crippen LogP contribution is -2.31. The standard InChI is InChI=1S/C13H13ClN4/c14-7-3-4-15-11(5-7)13-12-9-2-1-8(16-9)6-10(12)17-18-13/h3-5,8-9,16H,1-2,6H2,(H,17,18)/t8-,9+/m1/s1. The highest BCUT2D eigenvalue weighted by atomic mass is 35.5. The van der Waals surface area contributed by atoms with Crippen molar-refractivity contribution in [3.63, 3.8) is 0 Å². The Hall–Kier alpha value is -1.39. The van der Waals surface area contributed by atoms with Crippen LogP contribution in [0, 0.1) is 0 Å². The van der Waals surface area contributed by atoms with E-state index in [-0.39, 0.29) is 0 Å². The van der Waals surface area contributed by atoms with Crippen molar-refractivity contribution >= 4 is 11.6 Å². The van der Waals surface area contributed by atoms with Gasteiger partial charge in [0.1, 0.15) is 5.69 Å². The molecule has 0 radical (unpaired) electrons. The molecule has 18 heavy (non-hydrogen) atoms. The van der Waals surface area contributed by atoms with Gasteiger partial charge in [0.2, 0.25) is 0 Å². The number of nitrogens with zero attached hydrogens (tertiary/aromatic N) is 2. The predicted molar refractivity (Wildman–Crippen MR) is 69.4 cm³/mol. The molecule has 2 aliphatic heterocycles. The Morgan fingerprint density at radius 1 is 1.33 bits per heavy atom. The van der Waals surface area contributed by atoms with Crippen LogP contribution in [0.1, 0.15) is 30.1 Å². The first-order valence-corrected chi connectivity index (χ1v) is 6.64. The van der Waals surface area contributed by atoms with Crippen LogP contribution in [0.4, 0.5) is 0 Å². The quantitative estimate of drug-likeness (QED) is 0.828. The molecule has 1 fully saturated rings. The Morgan fingerprint density at radius 2 is 2.28 bits per heavy atom. The molecule has 4 rings (SSSR count). The molecule has 0 aromatic carbocycles. The van der Waals surface area contributed by atoms with Gasteiger partial charge in [-0.25, -0.2) is 0 Å². The summed E-state index contributed by atoms with van der Waals surface area (Å²) in [5.41, 5.74) is 4.36. The van der Waals surface area contributed by atoms with Crippen molar-refractivity contribution in [1.29, 1.82) is 0 Å². The predicted octanol–water partition coefficient (Wildman–Crippen LogP) is 2.47. The van der Waals surface area contributed by atoms with E-state index in [1.54, 1.807) is 12.3 Å². The van der Waals surface area contributed by atoms with E-state index in [0.29, 0.717) is 17.1 Å². The number of pyridine rings is 1. The first-order valence-electron chi connectivity index (χ1n) is 6.26. The maximum atomic E-state index is 6.03. The maximum absolute atomic E-state index is 6.03. The second kappa shape index (κ2) is 3.80. The van der Waals surface area contributed by atoms with Gasteiger partial charge in [0.15, 0.2) is 0 Å². The fourth-order valence-electron chi connectivity index (χ4n) is 3.10. The SMILES string of the molecule is Clc1ccnc(-c2n[nH]c3c2[C@@H]2CC[C@H](C3)N2)c1. The summed E-state index contributed by atoms with van der Waals surface area (Å²) in [6.07, 6.45) is 5.20. The Bertz CT molecular complexity index is 607. The zero-order chi connectivity index (χ0) is 12.1. The number of nitrogens with one attached hydrogen (secondary N) is 2. The average molecular weight is 261 g/mol. The molecule has 2 aromatic heterocycles. The number of H-pyrrole nitrogens is 1. The summed E-state index contributed by atoms with van der Waals surface area (Å²) >= 11 is 6.03. The molecule has 2 bridgehead atoms. The van der Waals surface area contributed by atoms with Crippen LogP contribution in [0.3, 0.4) is 0 Å². The summed E-state index contributed by atoms with van der Waals surface area (Å²) in [4.78, 5) is 4.38. The van der Waals surface area contributed by atoms with Gasteiger partial charge >= 0.3 is 0 Å². The van der Waals surface area contributed by atoms with Crippen LogP contribution in [0.25, 0.3) is 11.4 Å². The third-order valence-corrected chi connectivity index (χ3v) is 4.12. The van der Waals surface area contributed by atoms with E-state index in [1.165, 1.54) is 24.1 Å². The van der Waals surface area contributed by atoms with Crippen LogP contribution in [0.15, 0.2) is 18.3 Å². The highest BCUT2D eigenvalue weighted by Crippen LogP contribution is 2.39. The zero-order valence-electron chi connectivity index (χ0n) is 9.78. The number of aromatic nitrogens is 3. The molecule has 2 aliphatic rings. The molecule has 5 heteroatoms. The minimum atomic E-state index is 0.424. The van der Waals surface area contributed by atoms with Crippen LogP contribution in [-0.4, -0.2) is 21.2 Å². The molecule has 0 spiro atoms. The van der Waals surface area contributed by atoms with E-state index in [9.17, 15) is 0 Å². The average Bonchev–Trinajstić information content (AvgIpc) is 2.95. The van der Waals surface area contributed by atoms with Crippen molar-refractivity contribution in [2.75, 3.05) is 0 Å². The van der Waals surface area contributed by atoms with Crippen molar-refractivity contribution < 1.29 is 0 Å². The maximum Gasteiger partial charge on any atom is 0.116 e. The minimum absolute atomic E-state index is 0.424. The Kier molecular flexibility index (Phi) is 2.22. The largest absolute Gasteiger partial charge is 0.307 e. The van der Waals surface area contributed by atoms with E-state index < -0.39 is 0 Å². The Balaban J connectivity index is 1.86. The summed E-state index contributed by atoms with van der Waals surface area (Å²) in [6, 6.07) is 4.70. The van der Waals surface area contributed by atoms with Crippen molar-refractivity contribution in [3.8, 4) is 11.4 Å². The van der Waals surface area contributed by atoms with Gasteiger partial charge in [-0.2, -0.15) is 5.10 Å². The van der Waals surface area contributed by atoms with Gasteiger partial charge in [-0.05, 0) is 25.0 Å². The third kappa shape index (κ3) is 1.49. The van der Waals surface area contributed by atoms with E-state index in [1.807, 2.05) is 6.07 Å². The lowest BCUT2D eigenvalue weighted by atomic mass is 9.98. The van der Waals surface area contributed by atoms with Gasteiger partial charge in [0.05, 0.1) is 5.69 Å². The van der Waals surface area contributed by atoms with Crippen LogP contribution >= 0.6 is 11.6 Å². The molecule has 0 aliphatic carbocycles. The van der Waals surface area contributed by atoms with Crippen LogP contribution < -0.4 is 5.32 Å². The lowest BCUT2D eigenvalue weighted by molar-refractivity contribution is 0.511. The second-order valence-electron chi connectivity index (χ2n) is 5.02. The summed E-state index contributed by atoms with van der Waals surface area (Å²) in [7, 11) is 0. The summed E-state index contributed by atoms with van der Waals surface area (Å²) in [6.45, 7) is 0. The Morgan fingerprint density at radius 3 is 3.17 bits per heavy atom. The molecule has 2 atom stereocenters. The second-order valence-corrected chi connectivity index (χ2v) is 5.46. The summed E-state index contributed by atoms with van der Waals surface area (Å²) < 4.78 is 0. The third-order valence-electron chi connectivity index (χ3n) is 3.89. The van der Waals surface area contributed by atoms with Crippen LogP contribution in [0.5, 0.6) is 0 Å². The minimum Gasteiger partial charge on any atom is -0.307 e. The summed E-state index contributed by atoms with van der Waals surface area (Å²) in [5.74, 6) is 0.